The van der Waals surface area contributed by atoms with Gasteiger partial charge in [-0.1, -0.05) is 30.3 Å². The maximum Gasteiger partial charge on any atom is 0.255 e. The first-order chi connectivity index (χ1) is 12.3. The molecule has 1 aromatic carbocycles. The van der Waals surface area contributed by atoms with E-state index in [1.165, 1.54) is 5.56 Å². The lowest BCUT2D eigenvalue weighted by molar-refractivity contribution is 0.911. The second-order valence-corrected chi connectivity index (χ2v) is 6.69. The van der Waals surface area contributed by atoms with Crippen LogP contribution in [0.1, 0.15) is 17.0 Å². The van der Waals surface area contributed by atoms with Gasteiger partial charge in [0.05, 0.1) is 5.75 Å². The van der Waals surface area contributed by atoms with Crippen LogP contribution >= 0.6 is 11.8 Å². The molecule has 3 N–H and O–H groups in total. The van der Waals surface area contributed by atoms with Gasteiger partial charge in [-0.2, -0.15) is 11.8 Å². The van der Waals surface area contributed by atoms with E-state index in [9.17, 15) is 4.79 Å². The summed E-state index contributed by atoms with van der Waals surface area (Å²) in [7, 11) is 0. The lowest BCUT2D eigenvalue weighted by Gasteiger charge is -2.06. The van der Waals surface area contributed by atoms with Crippen LogP contribution in [0.4, 0.5) is 5.95 Å². The molecule has 0 unspecified atom stereocenters. The van der Waals surface area contributed by atoms with Crippen LogP contribution in [0.2, 0.25) is 0 Å². The lowest BCUT2D eigenvalue weighted by atomic mass is 10.1. The summed E-state index contributed by atoms with van der Waals surface area (Å²) in [5.74, 6) is 3.24. The van der Waals surface area contributed by atoms with Crippen molar-refractivity contribution in [3.63, 3.8) is 0 Å². The lowest BCUT2D eigenvalue weighted by Crippen LogP contribution is -2.18. The molecular formula is C18H21N5OS. The van der Waals surface area contributed by atoms with Gasteiger partial charge in [0.1, 0.15) is 5.82 Å². The topological polar surface area (TPSA) is 86.5 Å². The molecule has 0 saturated heterocycles. The molecule has 130 valence electrons. The van der Waals surface area contributed by atoms with Crippen molar-refractivity contribution in [2.75, 3.05) is 17.6 Å². The first-order valence-corrected chi connectivity index (χ1v) is 9.39. The molecule has 3 aromatic rings. The maximum atomic E-state index is 12.2. The van der Waals surface area contributed by atoms with Gasteiger partial charge in [-0.15, -0.1) is 0 Å². The third-order valence-electron chi connectivity index (χ3n) is 3.73. The Morgan fingerprint density at radius 3 is 2.76 bits per heavy atom. The first-order valence-electron chi connectivity index (χ1n) is 8.23. The number of nitrogens with zero attached hydrogens (tertiary/aromatic N) is 2. The fraction of sp³-hybridized carbons (Fsp3) is 0.278. The van der Waals surface area contributed by atoms with Crippen LogP contribution in [0.15, 0.2) is 53.7 Å². The fourth-order valence-corrected chi connectivity index (χ4v) is 3.14. The third-order valence-corrected chi connectivity index (χ3v) is 4.70. The van der Waals surface area contributed by atoms with Crippen LogP contribution in [-0.2, 0) is 18.6 Å². The molecule has 3 rings (SSSR count). The van der Waals surface area contributed by atoms with Crippen LogP contribution in [-0.4, -0.2) is 32.2 Å². The molecule has 0 saturated carbocycles. The number of benzene rings is 1. The number of rotatable bonds is 9. The second kappa shape index (κ2) is 9.08. The van der Waals surface area contributed by atoms with Crippen LogP contribution < -0.4 is 10.9 Å². The van der Waals surface area contributed by atoms with Crippen molar-refractivity contribution in [2.45, 2.75) is 18.6 Å². The van der Waals surface area contributed by atoms with E-state index >= 15 is 0 Å². The van der Waals surface area contributed by atoms with E-state index < -0.39 is 0 Å². The summed E-state index contributed by atoms with van der Waals surface area (Å²) in [4.78, 5) is 26.5. The Morgan fingerprint density at radius 2 is 2.00 bits per heavy atom. The molecule has 7 heteroatoms. The van der Waals surface area contributed by atoms with Crippen LogP contribution in [0, 0.1) is 0 Å². The van der Waals surface area contributed by atoms with E-state index in [1.807, 2.05) is 24.4 Å². The summed E-state index contributed by atoms with van der Waals surface area (Å²) in [5, 5.41) is 3.15. The molecule has 2 heterocycles. The third kappa shape index (κ3) is 5.49. The molecule has 0 radical (unpaired) electrons. The largest absolute Gasteiger partial charge is 0.355 e. The van der Waals surface area contributed by atoms with Gasteiger partial charge in [0.15, 0.2) is 0 Å². The predicted octanol–water partition coefficient (Wildman–Crippen LogP) is 2.62. The van der Waals surface area contributed by atoms with Gasteiger partial charge in [-0.25, -0.2) is 9.97 Å². The Balaban J connectivity index is 1.42. The molecule has 0 aliphatic carbocycles. The average Bonchev–Trinajstić information content (AvgIpc) is 3.15. The van der Waals surface area contributed by atoms with Crippen molar-refractivity contribution in [1.29, 1.82) is 0 Å². The van der Waals surface area contributed by atoms with Crippen LogP contribution in [0.5, 0.6) is 0 Å². The standard InChI is InChI=1S/C18H21N5OS/c24-17-15(7-6-14-4-2-1-3-5-14)12-22-18(23-17)21-10-11-25-13-16-19-8-9-20-16/h1-5,8-9,12H,6-7,10-11,13H2,(H,19,20)(H2,21,22,23,24). The quantitative estimate of drug-likeness (QED) is 0.514. The number of thioether (sulfide) groups is 1. The molecule has 0 aliphatic heterocycles. The van der Waals surface area contributed by atoms with Gasteiger partial charge < -0.3 is 10.3 Å². The number of hydrogen-bond acceptors (Lipinski definition) is 5. The molecule has 25 heavy (non-hydrogen) atoms. The zero-order valence-corrected chi connectivity index (χ0v) is 14.7. The van der Waals surface area contributed by atoms with Crippen molar-refractivity contribution in [2.24, 2.45) is 0 Å². The minimum atomic E-state index is -0.0725. The zero-order valence-electron chi connectivity index (χ0n) is 13.9. The van der Waals surface area contributed by atoms with E-state index in [-0.39, 0.29) is 5.56 Å². The van der Waals surface area contributed by atoms with E-state index in [0.717, 1.165) is 30.3 Å². The highest BCUT2D eigenvalue weighted by Crippen LogP contribution is 2.08. The Labute approximate surface area is 150 Å². The Kier molecular flexibility index (Phi) is 6.28. The molecule has 0 spiro atoms. The van der Waals surface area contributed by atoms with E-state index in [1.54, 1.807) is 24.2 Å². The molecule has 0 bridgehead atoms. The highest BCUT2D eigenvalue weighted by atomic mass is 32.2. The van der Waals surface area contributed by atoms with Crippen molar-refractivity contribution >= 4 is 17.7 Å². The highest BCUT2D eigenvalue weighted by Gasteiger charge is 2.03. The summed E-state index contributed by atoms with van der Waals surface area (Å²) in [6, 6.07) is 10.1. The maximum absolute atomic E-state index is 12.2. The van der Waals surface area contributed by atoms with E-state index in [2.05, 4.69) is 37.4 Å². The highest BCUT2D eigenvalue weighted by molar-refractivity contribution is 7.98. The predicted molar refractivity (Wildman–Crippen MR) is 102 cm³/mol. The SMILES string of the molecule is O=c1[nH]c(NCCSCc2ncc[nH]2)ncc1CCc1ccccc1. The number of aromatic nitrogens is 4. The van der Waals surface area contributed by atoms with Gasteiger partial charge in [-0.3, -0.25) is 9.78 Å². The van der Waals surface area contributed by atoms with Gasteiger partial charge in [0.2, 0.25) is 5.95 Å². The smallest absolute Gasteiger partial charge is 0.255 e. The Bertz CT molecular complexity index is 817. The van der Waals surface area contributed by atoms with Crippen LogP contribution in [0.25, 0.3) is 0 Å². The number of imidazole rings is 1. The monoisotopic (exact) mass is 355 g/mol. The van der Waals surface area contributed by atoms with Crippen molar-refractivity contribution in [3.8, 4) is 0 Å². The van der Waals surface area contributed by atoms with Gasteiger partial charge in [0.25, 0.3) is 5.56 Å². The molecule has 2 aromatic heterocycles. The van der Waals surface area contributed by atoms with Gasteiger partial charge >= 0.3 is 0 Å². The first kappa shape index (κ1) is 17.3. The van der Waals surface area contributed by atoms with E-state index in [4.69, 9.17) is 0 Å². The summed E-state index contributed by atoms with van der Waals surface area (Å²) in [6.07, 6.45) is 6.76. The zero-order chi connectivity index (χ0) is 17.3. The molecule has 0 amide bonds. The minimum Gasteiger partial charge on any atom is -0.355 e. The normalized spacial score (nSPS) is 10.7. The summed E-state index contributed by atoms with van der Waals surface area (Å²) in [6.45, 7) is 0.734. The number of H-pyrrole nitrogens is 2. The molecule has 0 aliphatic rings. The molecule has 0 atom stereocenters. The van der Waals surface area contributed by atoms with Gasteiger partial charge in [0, 0.05) is 36.5 Å². The van der Waals surface area contributed by atoms with Crippen molar-refractivity contribution in [1.82, 2.24) is 19.9 Å². The second-order valence-electron chi connectivity index (χ2n) is 5.59. The Hall–Kier alpha value is -2.54. The number of aryl methyl sites for hydroxylation is 2. The molecule has 6 nitrogen and oxygen atoms in total. The number of aromatic amines is 2. The summed E-state index contributed by atoms with van der Waals surface area (Å²) in [5.41, 5.74) is 1.86. The molecule has 0 fully saturated rings. The van der Waals surface area contributed by atoms with Crippen molar-refractivity contribution in [3.05, 3.63) is 76.2 Å². The van der Waals surface area contributed by atoms with Gasteiger partial charge in [-0.05, 0) is 18.4 Å². The average molecular weight is 355 g/mol. The fourth-order valence-electron chi connectivity index (χ4n) is 2.40. The summed E-state index contributed by atoms with van der Waals surface area (Å²) < 4.78 is 0. The molecular weight excluding hydrogens is 334 g/mol. The van der Waals surface area contributed by atoms with E-state index in [0.29, 0.717) is 17.9 Å². The Morgan fingerprint density at radius 1 is 1.12 bits per heavy atom. The number of nitrogens with one attached hydrogen (secondary N) is 3. The summed E-state index contributed by atoms with van der Waals surface area (Å²) >= 11 is 1.77. The van der Waals surface area contributed by atoms with Crippen LogP contribution in [0.3, 0.4) is 0 Å². The number of anilines is 1. The minimum absolute atomic E-state index is 0.0725. The number of hydrogen-bond donors (Lipinski definition) is 3. The van der Waals surface area contributed by atoms with Crippen molar-refractivity contribution < 1.29 is 0 Å².